The van der Waals surface area contributed by atoms with E-state index in [1.807, 2.05) is 31.2 Å². The minimum atomic E-state index is -2.98. The van der Waals surface area contributed by atoms with Crippen molar-refractivity contribution in [2.45, 2.75) is 31.3 Å². The van der Waals surface area contributed by atoms with Gasteiger partial charge < -0.3 is 10.3 Å². The number of H-pyrrole nitrogens is 1. The summed E-state index contributed by atoms with van der Waals surface area (Å²) in [4.78, 5) is 22.4. The summed E-state index contributed by atoms with van der Waals surface area (Å²) in [6.07, 6.45) is 0.516. The summed E-state index contributed by atoms with van der Waals surface area (Å²) in [5, 5.41) is 2.88. The minimum Gasteiger partial charge on any atom is -0.351 e. The number of hydrogen-bond acceptors (Lipinski definition) is 5. The topological polar surface area (TPSA) is 95.2 Å². The highest BCUT2D eigenvalue weighted by Gasteiger charge is 2.37. The smallest absolute Gasteiger partial charge is 0.237 e. The molecule has 2 atom stereocenters. The van der Waals surface area contributed by atoms with Crippen LogP contribution in [-0.4, -0.2) is 65.9 Å². The van der Waals surface area contributed by atoms with Crippen LogP contribution < -0.4 is 5.32 Å². The van der Waals surface area contributed by atoms with Crippen LogP contribution in [0.4, 0.5) is 0 Å². The van der Waals surface area contributed by atoms with Crippen LogP contribution in [0.1, 0.15) is 25.1 Å². The van der Waals surface area contributed by atoms with Gasteiger partial charge in [-0.1, -0.05) is 12.1 Å². The largest absolute Gasteiger partial charge is 0.351 e. The highest BCUT2D eigenvalue weighted by molar-refractivity contribution is 7.91. The Bertz CT molecular complexity index is 869. The molecule has 0 unspecified atom stereocenters. The Hall–Kier alpha value is -1.93. The number of rotatable bonds is 4. The molecule has 0 radical (unpaired) electrons. The van der Waals surface area contributed by atoms with Crippen LogP contribution >= 0.6 is 0 Å². The Morgan fingerprint density at radius 3 is 2.80 bits per heavy atom. The zero-order valence-electron chi connectivity index (χ0n) is 14.1. The van der Waals surface area contributed by atoms with Gasteiger partial charge in [0.25, 0.3) is 0 Å². The summed E-state index contributed by atoms with van der Waals surface area (Å²) in [5.41, 5.74) is 1.99. The number of carbonyl (C=O) groups excluding carboxylic acids is 1. The van der Waals surface area contributed by atoms with Gasteiger partial charge in [-0.2, -0.15) is 0 Å². The SMILES string of the molecule is C[C@H](C(=O)N[C@@H]1CCS(=O)(=O)C1)N1CC(c2nc3ccccc3[nH]2)C1. The summed E-state index contributed by atoms with van der Waals surface area (Å²) < 4.78 is 23.0. The number of nitrogens with zero attached hydrogens (tertiary/aromatic N) is 2. The number of sulfone groups is 1. The maximum Gasteiger partial charge on any atom is 0.237 e. The molecule has 8 heteroatoms. The van der Waals surface area contributed by atoms with E-state index in [1.165, 1.54) is 0 Å². The first-order valence-electron chi connectivity index (χ1n) is 8.61. The van der Waals surface area contributed by atoms with Crippen molar-refractivity contribution in [1.82, 2.24) is 20.2 Å². The van der Waals surface area contributed by atoms with Crippen LogP contribution in [0.2, 0.25) is 0 Å². The molecule has 7 nitrogen and oxygen atoms in total. The number of likely N-dealkylation sites (tertiary alicyclic amines) is 1. The maximum absolute atomic E-state index is 12.4. The van der Waals surface area contributed by atoms with E-state index >= 15 is 0 Å². The molecule has 0 spiro atoms. The highest BCUT2D eigenvalue weighted by atomic mass is 32.2. The van der Waals surface area contributed by atoms with Crippen molar-refractivity contribution in [1.29, 1.82) is 0 Å². The number of benzene rings is 1. The third kappa shape index (κ3) is 3.28. The Labute approximate surface area is 146 Å². The van der Waals surface area contributed by atoms with Crippen molar-refractivity contribution in [2.24, 2.45) is 0 Å². The van der Waals surface area contributed by atoms with Gasteiger partial charge in [0.15, 0.2) is 9.84 Å². The Kier molecular flexibility index (Phi) is 4.04. The van der Waals surface area contributed by atoms with E-state index in [2.05, 4.69) is 20.2 Å². The Morgan fingerprint density at radius 1 is 1.36 bits per heavy atom. The maximum atomic E-state index is 12.4. The molecule has 2 saturated heterocycles. The number of amides is 1. The second-order valence-corrected chi connectivity index (χ2v) is 9.30. The fourth-order valence-electron chi connectivity index (χ4n) is 3.56. The van der Waals surface area contributed by atoms with E-state index in [0.29, 0.717) is 12.3 Å². The Balaban J connectivity index is 1.32. The quantitative estimate of drug-likeness (QED) is 0.833. The van der Waals surface area contributed by atoms with Gasteiger partial charge in [-0.3, -0.25) is 9.69 Å². The lowest BCUT2D eigenvalue weighted by Gasteiger charge is -2.41. The number of imidazole rings is 1. The lowest BCUT2D eigenvalue weighted by Crippen LogP contribution is -2.56. The van der Waals surface area contributed by atoms with E-state index < -0.39 is 9.84 Å². The van der Waals surface area contributed by atoms with Crippen LogP contribution in [0.25, 0.3) is 11.0 Å². The lowest BCUT2D eigenvalue weighted by atomic mass is 9.97. The monoisotopic (exact) mass is 362 g/mol. The fourth-order valence-corrected chi connectivity index (χ4v) is 5.24. The van der Waals surface area contributed by atoms with Crippen molar-refractivity contribution in [3.63, 3.8) is 0 Å². The first-order chi connectivity index (χ1) is 11.9. The molecular formula is C17H22N4O3S. The molecular weight excluding hydrogens is 340 g/mol. The molecule has 0 bridgehead atoms. The van der Waals surface area contributed by atoms with Gasteiger partial charge in [-0.25, -0.2) is 13.4 Å². The van der Waals surface area contributed by atoms with Gasteiger partial charge in [-0.05, 0) is 25.5 Å². The molecule has 0 aliphatic carbocycles. The normalized spacial score (nSPS) is 24.9. The minimum absolute atomic E-state index is 0.0626. The molecule has 1 amide bonds. The molecule has 2 fully saturated rings. The van der Waals surface area contributed by atoms with Crippen LogP contribution in [0.3, 0.4) is 0 Å². The van der Waals surface area contributed by atoms with Crippen LogP contribution in [0, 0.1) is 0 Å². The van der Waals surface area contributed by atoms with Gasteiger partial charge in [0.1, 0.15) is 5.82 Å². The van der Waals surface area contributed by atoms with Crippen molar-refractivity contribution in [3.8, 4) is 0 Å². The van der Waals surface area contributed by atoms with Crippen molar-refractivity contribution >= 4 is 26.8 Å². The summed E-state index contributed by atoms with van der Waals surface area (Å²) >= 11 is 0. The summed E-state index contributed by atoms with van der Waals surface area (Å²) in [6, 6.07) is 7.44. The van der Waals surface area contributed by atoms with E-state index in [1.54, 1.807) is 0 Å². The number of aromatic nitrogens is 2. The standard InChI is InChI=1S/C17H22N4O3S/c1-11(17(22)18-13-6-7-25(23,24)10-13)21-8-12(9-21)16-19-14-4-2-3-5-15(14)20-16/h2-5,11-13H,6-10H2,1H3,(H,18,22)(H,19,20)/t11-,13-/m1/s1. The average molecular weight is 362 g/mol. The van der Waals surface area contributed by atoms with Crippen LogP contribution in [0.5, 0.6) is 0 Å². The van der Waals surface area contributed by atoms with E-state index in [9.17, 15) is 13.2 Å². The second kappa shape index (κ2) is 6.10. The van der Waals surface area contributed by atoms with Gasteiger partial charge in [0.05, 0.1) is 28.6 Å². The molecule has 3 heterocycles. The van der Waals surface area contributed by atoms with E-state index in [-0.39, 0.29) is 29.5 Å². The number of fused-ring (bicyclic) bond motifs is 1. The zero-order valence-corrected chi connectivity index (χ0v) is 14.9. The molecule has 2 N–H and O–H groups in total. The number of nitrogens with one attached hydrogen (secondary N) is 2. The third-order valence-corrected chi connectivity index (χ3v) is 6.98. The molecule has 1 aromatic carbocycles. The highest BCUT2D eigenvalue weighted by Crippen LogP contribution is 2.28. The van der Waals surface area contributed by atoms with Crippen molar-refractivity contribution in [2.75, 3.05) is 24.6 Å². The predicted molar refractivity (Wildman–Crippen MR) is 95.1 cm³/mol. The number of para-hydroxylation sites is 2. The van der Waals surface area contributed by atoms with Crippen molar-refractivity contribution < 1.29 is 13.2 Å². The molecule has 2 aliphatic rings. The number of aromatic amines is 1. The van der Waals surface area contributed by atoms with E-state index in [0.717, 1.165) is 29.9 Å². The summed E-state index contributed by atoms with van der Waals surface area (Å²) in [5.74, 6) is 1.41. The first-order valence-corrected chi connectivity index (χ1v) is 10.4. The number of hydrogen-bond donors (Lipinski definition) is 2. The molecule has 25 heavy (non-hydrogen) atoms. The predicted octanol–water partition coefficient (Wildman–Crippen LogP) is 0.654. The summed E-state index contributed by atoms with van der Waals surface area (Å²) in [6.45, 7) is 3.42. The number of carbonyl (C=O) groups is 1. The van der Waals surface area contributed by atoms with Gasteiger partial charge >= 0.3 is 0 Å². The molecule has 1 aromatic heterocycles. The third-order valence-electron chi connectivity index (χ3n) is 5.21. The molecule has 4 rings (SSSR count). The van der Waals surface area contributed by atoms with Crippen molar-refractivity contribution in [3.05, 3.63) is 30.1 Å². The summed E-state index contributed by atoms with van der Waals surface area (Å²) in [7, 11) is -2.98. The molecule has 134 valence electrons. The molecule has 0 saturated carbocycles. The van der Waals surface area contributed by atoms with Gasteiger partial charge in [-0.15, -0.1) is 0 Å². The van der Waals surface area contributed by atoms with Gasteiger partial charge in [0.2, 0.25) is 5.91 Å². The van der Waals surface area contributed by atoms with E-state index in [4.69, 9.17) is 0 Å². The first kappa shape index (κ1) is 16.5. The molecule has 2 aliphatic heterocycles. The zero-order chi connectivity index (χ0) is 17.6. The Morgan fingerprint density at radius 2 is 2.12 bits per heavy atom. The van der Waals surface area contributed by atoms with Crippen LogP contribution in [0.15, 0.2) is 24.3 Å². The molecule has 2 aromatic rings. The second-order valence-electron chi connectivity index (χ2n) is 7.07. The van der Waals surface area contributed by atoms with Crippen LogP contribution in [-0.2, 0) is 14.6 Å². The fraction of sp³-hybridized carbons (Fsp3) is 0.529. The lowest BCUT2D eigenvalue weighted by molar-refractivity contribution is -0.128. The average Bonchev–Trinajstić information content (AvgIpc) is 3.08. The van der Waals surface area contributed by atoms with Gasteiger partial charge in [0, 0.05) is 25.0 Å².